The van der Waals surface area contributed by atoms with Crippen LogP contribution in [0.5, 0.6) is 0 Å². The van der Waals surface area contributed by atoms with Crippen molar-refractivity contribution in [2.75, 3.05) is 0 Å². The highest BCUT2D eigenvalue weighted by molar-refractivity contribution is 5.82. The maximum absolute atomic E-state index is 9.26. The lowest BCUT2D eigenvalue weighted by molar-refractivity contribution is 1.25. The second kappa shape index (κ2) is 4.59. The zero-order valence-electron chi connectivity index (χ0n) is 10.6. The zero-order chi connectivity index (χ0) is 13.2. The highest BCUT2D eigenvalue weighted by atomic mass is 14.3. The van der Waals surface area contributed by atoms with Crippen LogP contribution in [0, 0.1) is 11.3 Å². The first-order valence-electron chi connectivity index (χ1n) is 6.28. The molecule has 0 fully saturated rings. The summed E-state index contributed by atoms with van der Waals surface area (Å²) in [5, 5.41) is 9.26. The van der Waals surface area contributed by atoms with E-state index in [4.69, 9.17) is 0 Å². The Kier molecular flexibility index (Phi) is 2.78. The molecule has 2 aromatic carbocycles. The lowest BCUT2D eigenvalue weighted by Gasteiger charge is -2.06. The zero-order valence-corrected chi connectivity index (χ0v) is 10.6. The summed E-state index contributed by atoms with van der Waals surface area (Å²) < 4.78 is 0. The lowest BCUT2D eigenvalue weighted by atomic mass is 9.96. The second-order valence-corrected chi connectivity index (χ2v) is 4.59. The number of allylic oxidation sites excluding steroid dienone is 2. The second-order valence-electron chi connectivity index (χ2n) is 4.59. The topological polar surface area (TPSA) is 23.8 Å². The number of nitrogens with zero attached hydrogens (tertiary/aromatic N) is 1. The minimum atomic E-state index is 0.727. The standard InChI is InChI=1S/C18H13N/c1-2-3-7-16-14(12-19)9-10-17-15-8-5-4-6-13(15)11-18(16)17/h2-10H,1,11H2/b7-3-. The van der Waals surface area contributed by atoms with Crippen LogP contribution in [0.1, 0.15) is 22.3 Å². The SMILES string of the molecule is C=C/C=C\c1c(C#N)ccc2c1Cc1ccccc1-2. The minimum Gasteiger partial charge on any atom is -0.192 e. The Morgan fingerprint density at radius 3 is 2.74 bits per heavy atom. The normalized spacial score (nSPS) is 11.9. The summed E-state index contributed by atoms with van der Waals surface area (Å²) in [6.07, 6.45) is 6.51. The number of nitriles is 1. The molecule has 0 spiro atoms. The predicted molar refractivity (Wildman–Crippen MR) is 78.6 cm³/mol. The van der Waals surface area contributed by atoms with Crippen LogP contribution in [0.3, 0.4) is 0 Å². The molecule has 0 saturated carbocycles. The maximum atomic E-state index is 9.26. The van der Waals surface area contributed by atoms with Gasteiger partial charge in [-0.1, -0.05) is 55.1 Å². The van der Waals surface area contributed by atoms with E-state index in [1.807, 2.05) is 18.2 Å². The minimum absolute atomic E-state index is 0.727. The fraction of sp³-hybridized carbons (Fsp3) is 0.0556. The van der Waals surface area contributed by atoms with Crippen molar-refractivity contribution in [2.45, 2.75) is 6.42 Å². The summed E-state index contributed by atoms with van der Waals surface area (Å²) in [5.41, 5.74) is 6.87. The van der Waals surface area contributed by atoms with Crippen molar-refractivity contribution in [2.24, 2.45) is 0 Å². The van der Waals surface area contributed by atoms with Gasteiger partial charge in [-0.3, -0.25) is 0 Å². The van der Waals surface area contributed by atoms with E-state index in [2.05, 4.69) is 43.0 Å². The molecule has 0 atom stereocenters. The summed E-state index contributed by atoms with van der Waals surface area (Å²) in [7, 11) is 0. The van der Waals surface area contributed by atoms with Gasteiger partial charge in [0.25, 0.3) is 0 Å². The summed E-state index contributed by atoms with van der Waals surface area (Å²) in [6, 6.07) is 14.7. The molecule has 1 aliphatic carbocycles. The van der Waals surface area contributed by atoms with E-state index in [0.29, 0.717) is 0 Å². The smallest absolute Gasteiger partial charge is 0.0998 e. The van der Waals surface area contributed by atoms with Crippen LogP contribution in [0.2, 0.25) is 0 Å². The third-order valence-corrected chi connectivity index (χ3v) is 3.55. The van der Waals surface area contributed by atoms with Crippen molar-refractivity contribution in [1.29, 1.82) is 5.26 Å². The van der Waals surface area contributed by atoms with E-state index in [0.717, 1.165) is 17.5 Å². The van der Waals surface area contributed by atoms with Crippen LogP contribution in [0.15, 0.2) is 55.1 Å². The van der Waals surface area contributed by atoms with Crippen LogP contribution in [0.4, 0.5) is 0 Å². The van der Waals surface area contributed by atoms with E-state index in [-0.39, 0.29) is 0 Å². The van der Waals surface area contributed by atoms with Crippen LogP contribution in [0.25, 0.3) is 17.2 Å². The van der Waals surface area contributed by atoms with E-state index in [1.54, 1.807) is 6.08 Å². The average molecular weight is 243 g/mol. The van der Waals surface area contributed by atoms with Gasteiger partial charge in [-0.25, -0.2) is 0 Å². The van der Waals surface area contributed by atoms with Crippen LogP contribution < -0.4 is 0 Å². The van der Waals surface area contributed by atoms with E-state index < -0.39 is 0 Å². The molecule has 0 aliphatic heterocycles. The Labute approximate surface area is 113 Å². The molecule has 1 heteroatoms. The fourth-order valence-electron chi connectivity index (χ4n) is 2.69. The quantitative estimate of drug-likeness (QED) is 0.614. The molecule has 19 heavy (non-hydrogen) atoms. The summed E-state index contributed by atoms with van der Waals surface area (Å²) >= 11 is 0. The molecule has 1 aliphatic rings. The van der Waals surface area contributed by atoms with Crippen LogP contribution in [-0.4, -0.2) is 0 Å². The van der Waals surface area contributed by atoms with Gasteiger partial charge < -0.3 is 0 Å². The van der Waals surface area contributed by atoms with Crippen molar-refractivity contribution in [3.8, 4) is 17.2 Å². The van der Waals surface area contributed by atoms with Crippen molar-refractivity contribution < 1.29 is 0 Å². The van der Waals surface area contributed by atoms with Gasteiger partial charge in [-0.2, -0.15) is 5.26 Å². The van der Waals surface area contributed by atoms with Gasteiger partial charge in [0, 0.05) is 0 Å². The van der Waals surface area contributed by atoms with E-state index in [1.165, 1.54) is 22.3 Å². The van der Waals surface area contributed by atoms with Gasteiger partial charge in [0.05, 0.1) is 11.6 Å². The van der Waals surface area contributed by atoms with Crippen molar-refractivity contribution in [3.63, 3.8) is 0 Å². The molecular weight excluding hydrogens is 230 g/mol. The van der Waals surface area contributed by atoms with Gasteiger partial charge in [0.2, 0.25) is 0 Å². The molecule has 3 rings (SSSR count). The van der Waals surface area contributed by atoms with Crippen LogP contribution >= 0.6 is 0 Å². The molecule has 0 aromatic heterocycles. The van der Waals surface area contributed by atoms with Crippen LogP contribution in [-0.2, 0) is 6.42 Å². The van der Waals surface area contributed by atoms with Gasteiger partial charge in [-0.05, 0) is 40.3 Å². The highest BCUT2D eigenvalue weighted by Crippen LogP contribution is 2.39. The molecule has 0 saturated heterocycles. The van der Waals surface area contributed by atoms with E-state index in [9.17, 15) is 5.26 Å². The maximum Gasteiger partial charge on any atom is 0.0998 e. The number of rotatable bonds is 2. The van der Waals surface area contributed by atoms with Gasteiger partial charge in [-0.15, -0.1) is 0 Å². The third-order valence-electron chi connectivity index (χ3n) is 3.55. The third kappa shape index (κ3) is 1.78. The Bertz CT molecular complexity index is 730. The largest absolute Gasteiger partial charge is 0.192 e. The van der Waals surface area contributed by atoms with E-state index >= 15 is 0 Å². The number of benzene rings is 2. The molecule has 0 heterocycles. The molecule has 0 bridgehead atoms. The molecule has 1 nitrogen and oxygen atoms in total. The Balaban J connectivity index is 2.25. The molecule has 2 aromatic rings. The molecule has 90 valence electrons. The summed E-state index contributed by atoms with van der Waals surface area (Å²) in [6.45, 7) is 3.69. The average Bonchev–Trinajstić information content (AvgIpc) is 2.83. The molecule has 0 amide bonds. The number of hydrogen-bond donors (Lipinski definition) is 0. The Morgan fingerprint density at radius 1 is 1.11 bits per heavy atom. The van der Waals surface area contributed by atoms with Crippen molar-refractivity contribution >= 4 is 6.08 Å². The van der Waals surface area contributed by atoms with Crippen molar-refractivity contribution in [3.05, 3.63) is 77.4 Å². The first-order chi connectivity index (χ1) is 9.35. The van der Waals surface area contributed by atoms with Gasteiger partial charge >= 0.3 is 0 Å². The molecule has 0 radical (unpaired) electrons. The fourth-order valence-corrected chi connectivity index (χ4v) is 2.69. The van der Waals surface area contributed by atoms with Crippen molar-refractivity contribution in [1.82, 2.24) is 0 Å². The Hall–Kier alpha value is -2.59. The monoisotopic (exact) mass is 243 g/mol. The molecule has 0 unspecified atom stereocenters. The Morgan fingerprint density at radius 2 is 1.95 bits per heavy atom. The number of fused-ring (bicyclic) bond motifs is 3. The lowest BCUT2D eigenvalue weighted by Crippen LogP contribution is -1.91. The molecular formula is C18H13N. The summed E-state index contributed by atoms with van der Waals surface area (Å²) in [4.78, 5) is 0. The molecule has 0 N–H and O–H groups in total. The number of hydrogen-bond acceptors (Lipinski definition) is 1. The summed E-state index contributed by atoms with van der Waals surface area (Å²) in [5.74, 6) is 0. The first-order valence-corrected chi connectivity index (χ1v) is 6.28. The highest BCUT2D eigenvalue weighted by Gasteiger charge is 2.21. The van der Waals surface area contributed by atoms with Gasteiger partial charge in [0.1, 0.15) is 0 Å². The predicted octanol–water partition coefficient (Wildman–Crippen LogP) is 4.33. The van der Waals surface area contributed by atoms with Gasteiger partial charge in [0.15, 0.2) is 0 Å². The first kappa shape index (κ1) is 11.5.